The van der Waals surface area contributed by atoms with Crippen LogP contribution in [-0.4, -0.2) is 23.6 Å². The van der Waals surface area contributed by atoms with Crippen molar-refractivity contribution in [3.8, 4) is 0 Å². The number of guanidine groups is 1. The molecule has 0 rings (SSSR count). The minimum atomic E-state index is -0.908. The van der Waals surface area contributed by atoms with Crippen LogP contribution >= 0.6 is 0 Å². The first-order chi connectivity index (χ1) is 5.13. The molecule has 0 aromatic heterocycles. The van der Waals surface area contributed by atoms with Crippen molar-refractivity contribution in [1.29, 1.82) is 0 Å². The van der Waals surface area contributed by atoms with Crippen molar-refractivity contribution in [2.45, 2.75) is 12.8 Å². The SMILES string of the molecule is NC(N)=NCCC[CH-]C(=O)O.[Cs+]. The average molecular weight is 291 g/mol. The summed E-state index contributed by atoms with van der Waals surface area (Å²) in [5.74, 6) is -0.866. The fourth-order valence-corrected chi connectivity index (χ4v) is 0.525. The molecule has 0 aliphatic heterocycles. The molecule has 0 fully saturated rings. The van der Waals surface area contributed by atoms with Gasteiger partial charge in [-0.25, -0.2) is 0 Å². The van der Waals surface area contributed by atoms with Gasteiger partial charge < -0.3 is 16.6 Å². The van der Waals surface area contributed by atoms with Crippen molar-refractivity contribution in [3.05, 3.63) is 6.42 Å². The predicted molar refractivity (Wildman–Crippen MR) is 41.8 cm³/mol. The van der Waals surface area contributed by atoms with Crippen LogP contribution in [0.3, 0.4) is 0 Å². The van der Waals surface area contributed by atoms with Crippen molar-refractivity contribution in [2.75, 3.05) is 6.54 Å². The van der Waals surface area contributed by atoms with E-state index in [1.807, 2.05) is 0 Å². The maximum atomic E-state index is 9.96. The van der Waals surface area contributed by atoms with Crippen molar-refractivity contribution in [3.63, 3.8) is 0 Å². The Kier molecular flexibility index (Phi) is 12.3. The van der Waals surface area contributed by atoms with Crippen molar-refractivity contribution < 1.29 is 78.8 Å². The number of hydrogen-bond acceptors (Lipinski definition) is 2. The minimum Gasteiger partial charge on any atom is -0.503 e. The van der Waals surface area contributed by atoms with Crippen LogP contribution in [0.4, 0.5) is 0 Å². The third kappa shape index (κ3) is 13.3. The number of hydrogen-bond donors (Lipinski definition) is 3. The molecule has 6 heteroatoms. The Morgan fingerprint density at radius 1 is 1.50 bits per heavy atom. The smallest absolute Gasteiger partial charge is 0.503 e. The number of aliphatic carboxylic acids is 1. The number of unbranched alkanes of at least 4 members (excludes halogenated alkanes) is 1. The van der Waals surface area contributed by atoms with Gasteiger partial charge in [-0.2, -0.15) is 6.42 Å². The van der Waals surface area contributed by atoms with Crippen molar-refractivity contribution >= 4 is 11.9 Å². The second-order valence-electron chi connectivity index (χ2n) is 1.99. The number of carbonyl (C=O) groups is 1. The van der Waals surface area contributed by atoms with Gasteiger partial charge in [-0.3, -0.25) is 16.2 Å². The second kappa shape index (κ2) is 9.75. The first-order valence-corrected chi connectivity index (χ1v) is 3.24. The Morgan fingerprint density at radius 3 is 2.50 bits per heavy atom. The number of aliphatic imine (C=N–C) groups is 1. The van der Waals surface area contributed by atoms with Crippen LogP contribution < -0.4 is 80.4 Å². The molecule has 0 spiro atoms. The molecule has 0 saturated heterocycles. The summed E-state index contributed by atoms with van der Waals surface area (Å²) in [6.45, 7) is 0.478. The number of rotatable bonds is 5. The Morgan fingerprint density at radius 2 is 2.08 bits per heavy atom. The summed E-state index contributed by atoms with van der Waals surface area (Å²) >= 11 is 0. The molecular weight excluding hydrogens is 279 g/mol. The van der Waals surface area contributed by atoms with E-state index in [9.17, 15) is 4.79 Å². The molecule has 5 nitrogen and oxygen atoms in total. The van der Waals surface area contributed by atoms with E-state index in [0.29, 0.717) is 19.4 Å². The van der Waals surface area contributed by atoms with Crippen molar-refractivity contribution in [1.82, 2.24) is 0 Å². The molecule has 0 unspecified atom stereocenters. The Labute approximate surface area is 130 Å². The molecule has 0 amide bonds. The summed E-state index contributed by atoms with van der Waals surface area (Å²) in [5, 5.41) is 8.18. The predicted octanol–water partition coefficient (Wildman–Crippen LogP) is -3.67. The van der Waals surface area contributed by atoms with Crippen LogP contribution in [0.5, 0.6) is 0 Å². The van der Waals surface area contributed by atoms with E-state index in [-0.39, 0.29) is 74.9 Å². The largest absolute Gasteiger partial charge is 1.00 e. The molecule has 0 bridgehead atoms. The Bertz CT molecular complexity index is 157. The summed E-state index contributed by atoms with van der Waals surface area (Å²) < 4.78 is 0. The molecule has 0 atom stereocenters. The zero-order chi connectivity index (χ0) is 8.69. The molecule has 5 N–H and O–H groups in total. The Balaban J connectivity index is 0. The minimum absolute atomic E-state index is 0. The third-order valence-electron chi connectivity index (χ3n) is 0.976. The average Bonchev–Trinajstić information content (AvgIpc) is 1.85. The fraction of sp³-hybridized carbons (Fsp3) is 0.500. The third-order valence-corrected chi connectivity index (χ3v) is 0.976. The van der Waals surface area contributed by atoms with Gasteiger partial charge in [0.1, 0.15) is 0 Å². The second-order valence-corrected chi connectivity index (χ2v) is 1.99. The molecule has 0 aliphatic rings. The Hall–Kier alpha value is 0.662. The van der Waals surface area contributed by atoms with Gasteiger partial charge in [-0.1, -0.05) is 6.42 Å². The van der Waals surface area contributed by atoms with Gasteiger partial charge in [-0.15, -0.1) is 0 Å². The first-order valence-electron chi connectivity index (χ1n) is 3.24. The maximum Gasteiger partial charge on any atom is 1.00 e. The number of nitrogens with zero attached hydrogens (tertiary/aromatic N) is 1. The molecule has 64 valence electrons. The topological polar surface area (TPSA) is 102 Å². The number of carboxylic acids is 1. The van der Waals surface area contributed by atoms with E-state index in [4.69, 9.17) is 16.6 Å². The molecule has 0 aromatic rings. The fourth-order valence-electron chi connectivity index (χ4n) is 0.525. The molecular formula is C6H12CsN3O2. The van der Waals surface area contributed by atoms with Crippen LogP contribution in [0.25, 0.3) is 0 Å². The van der Waals surface area contributed by atoms with E-state index in [1.165, 1.54) is 6.42 Å². The monoisotopic (exact) mass is 291 g/mol. The van der Waals surface area contributed by atoms with Gasteiger partial charge in [0.15, 0.2) is 11.9 Å². The summed E-state index contributed by atoms with van der Waals surface area (Å²) in [7, 11) is 0. The summed E-state index contributed by atoms with van der Waals surface area (Å²) in [4.78, 5) is 13.6. The number of carboxylic acid groups (broad SMARTS) is 1. The van der Waals surface area contributed by atoms with Gasteiger partial charge in [0.2, 0.25) is 0 Å². The number of nitrogens with two attached hydrogens (primary N) is 2. The van der Waals surface area contributed by atoms with Crippen molar-refractivity contribution in [2.24, 2.45) is 16.5 Å². The van der Waals surface area contributed by atoms with Crippen LogP contribution in [-0.2, 0) is 4.79 Å². The van der Waals surface area contributed by atoms with Gasteiger partial charge in [0.05, 0.1) is 0 Å². The van der Waals surface area contributed by atoms with Crippen LogP contribution in [0, 0.1) is 6.42 Å². The molecule has 12 heavy (non-hydrogen) atoms. The van der Waals surface area contributed by atoms with E-state index >= 15 is 0 Å². The van der Waals surface area contributed by atoms with Crippen LogP contribution in [0.1, 0.15) is 12.8 Å². The van der Waals surface area contributed by atoms with Gasteiger partial charge in [-0.05, 0) is 0 Å². The van der Waals surface area contributed by atoms with E-state index in [2.05, 4.69) is 4.99 Å². The molecule has 0 radical (unpaired) electrons. The summed E-state index contributed by atoms with van der Waals surface area (Å²) in [6.07, 6.45) is 2.33. The van der Waals surface area contributed by atoms with E-state index in [0.717, 1.165) is 0 Å². The van der Waals surface area contributed by atoms with E-state index < -0.39 is 5.97 Å². The summed E-state index contributed by atoms with van der Waals surface area (Å²) in [5.41, 5.74) is 10.1. The molecule has 0 aromatic carbocycles. The normalized spacial score (nSPS) is 8.00. The molecule has 0 heterocycles. The zero-order valence-electron chi connectivity index (χ0n) is 7.16. The zero-order valence-corrected chi connectivity index (χ0v) is 13.4. The van der Waals surface area contributed by atoms with Crippen LogP contribution in [0.15, 0.2) is 4.99 Å². The van der Waals surface area contributed by atoms with Gasteiger partial charge in [0.25, 0.3) is 0 Å². The molecule has 0 aliphatic carbocycles. The summed E-state index contributed by atoms with van der Waals surface area (Å²) in [6, 6.07) is 0. The van der Waals surface area contributed by atoms with Gasteiger partial charge >= 0.3 is 68.9 Å². The van der Waals surface area contributed by atoms with Gasteiger partial charge in [0, 0.05) is 6.54 Å². The van der Waals surface area contributed by atoms with Crippen LogP contribution in [0.2, 0.25) is 0 Å². The quantitative estimate of drug-likeness (QED) is 0.210. The van der Waals surface area contributed by atoms with E-state index in [1.54, 1.807) is 0 Å². The maximum absolute atomic E-state index is 9.96. The molecule has 0 saturated carbocycles. The first kappa shape index (κ1) is 15.1. The standard InChI is InChI=1S/C6H12N3O2.Cs/c7-6(8)9-4-2-1-3-5(10)11;/h3H,1-2,4H2,(H,10,11)(H4,7,8,9);/q-1;+1.